The van der Waals surface area contributed by atoms with Crippen LogP contribution < -0.4 is 4.31 Å². The van der Waals surface area contributed by atoms with E-state index < -0.39 is 10.0 Å². The SMILES string of the molecule is COC(=O)CCCCCCCS(=O)(=O)N(C)c1ccccc1. The molecular formula is C16H25NO4S. The highest BCUT2D eigenvalue weighted by molar-refractivity contribution is 7.92. The number of benzene rings is 1. The fraction of sp³-hybridized carbons (Fsp3) is 0.562. The monoisotopic (exact) mass is 327 g/mol. The van der Waals surface area contributed by atoms with Crippen LogP contribution in [0.4, 0.5) is 5.69 Å². The number of unbranched alkanes of at least 4 members (excludes halogenated alkanes) is 4. The zero-order valence-electron chi connectivity index (χ0n) is 13.3. The summed E-state index contributed by atoms with van der Waals surface area (Å²) in [6.45, 7) is 0. The summed E-state index contributed by atoms with van der Waals surface area (Å²) in [4.78, 5) is 10.9. The fourth-order valence-corrected chi connectivity index (χ4v) is 3.41. The maximum absolute atomic E-state index is 12.2. The Labute approximate surface area is 133 Å². The molecule has 0 unspecified atom stereocenters. The summed E-state index contributed by atoms with van der Waals surface area (Å²) in [5.41, 5.74) is 0.681. The van der Waals surface area contributed by atoms with Crippen molar-refractivity contribution in [3.05, 3.63) is 30.3 Å². The van der Waals surface area contributed by atoms with Crippen molar-refractivity contribution in [2.75, 3.05) is 24.2 Å². The lowest BCUT2D eigenvalue weighted by Gasteiger charge is -2.19. The van der Waals surface area contributed by atoms with Crippen LogP contribution in [0.1, 0.15) is 38.5 Å². The van der Waals surface area contributed by atoms with E-state index in [1.807, 2.05) is 18.2 Å². The first kappa shape index (κ1) is 18.5. The van der Waals surface area contributed by atoms with Crippen LogP contribution >= 0.6 is 0 Å². The van der Waals surface area contributed by atoms with E-state index >= 15 is 0 Å². The van der Waals surface area contributed by atoms with Crippen LogP contribution in [0.25, 0.3) is 0 Å². The number of nitrogens with zero attached hydrogens (tertiary/aromatic N) is 1. The predicted molar refractivity (Wildman–Crippen MR) is 88.3 cm³/mol. The number of ether oxygens (including phenoxy) is 1. The van der Waals surface area contributed by atoms with Gasteiger partial charge in [0.05, 0.1) is 18.6 Å². The van der Waals surface area contributed by atoms with Gasteiger partial charge in [-0.3, -0.25) is 9.10 Å². The summed E-state index contributed by atoms with van der Waals surface area (Å²) in [5, 5.41) is 0. The van der Waals surface area contributed by atoms with Gasteiger partial charge in [-0.1, -0.05) is 37.5 Å². The Morgan fingerprint density at radius 1 is 1.05 bits per heavy atom. The maximum atomic E-state index is 12.2. The highest BCUT2D eigenvalue weighted by Gasteiger charge is 2.17. The fourth-order valence-electron chi connectivity index (χ4n) is 2.12. The van der Waals surface area contributed by atoms with Crippen LogP contribution in [0.5, 0.6) is 0 Å². The Morgan fingerprint density at radius 2 is 1.64 bits per heavy atom. The minimum absolute atomic E-state index is 0.148. The van der Waals surface area contributed by atoms with Crippen LogP contribution in [-0.2, 0) is 19.6 Å². The Kier molecular flexibility index (Phi) is 7.95. The molecule has 0 amide bonds. The van der Waals surface area contributed by atoms with Crippen LogP contribution in [-0.4, -0.2) is 34.3 Å². The maximum Gasteiger partial charge on any atom is 0.305 e. The molecule has 0 aromatic heterocycles. The van der Waals surface area contributed by atoms with Gasteiger partial charge < -0.3 is 4.74 Å². The molecule has 0 heterocycles. The van der Waals surface area contributed by atoms with Crippen LogP contribution in [0, 0.1) is 0 Å². The molecule has 0 aliphatic heterocycles. The number of para-hydroxylation sites is 1. The molecular weight excluding hydrogens is 302 g/mol. The zero-order chi connectivity index (χ0) is 16.4. The highest BCUT2D eigenvalue weighted by atomic mass is 32.2. The number of carbonyl (C=O) groups excluding carboxylic acids is 1. The van der Waals surface area contributed by atoms with Gasteiger partial charge in [0.2, 0.25) is 10.0 Å². The lowest BCUT2D eigenvalue weighted by atomic mass is 10.1. The first-order valence-electron chi connectivity index (χ1n) is 7.56. The largest absolute Gasteiger partial charge is 0.469 e. The molecule has 0 aliphatic rings. The summed E-state index contributed by atoms with van der Waals surface area (Å²) in [6, 6.07) is 9.07. The third-order valence-electron chi connectivity index (χ3n) is 3.55. The third-order valence-corrected chi connectivity index (χ3v) is 5.40. The van der Waals surface area contributed by atoms with Crippen LogP contribution in [0.2, 0.25) is 0 Å². The van der Waals surface area contributed by atoms with E-state index in [0.717, 1.165) is 25.7 Å². The zero-order valence-corrected chi connectivity index (χ0v) is 14.1. The van der Waals surface area contributed by atoms with Gasteiger partial charge in [-0.15, -0.1) is 0 Å². The lowest BCUT2D eigenvalue weighted by molar-refractivity contribution is -0.140. The van der Waals surface area contributed by atoms with Gasteiger partial charge >= 0.3 is 5.97 Å². The predicted octanol–water partition coefficient (Wildman–Crippen LogP) is 2.97. The standard InChI is InChI=1S/C16H25NO4S/c1-17(15-11-7-6-8-12-15)22(19,20)14-10-5-3-4-9-13-16(18)21-2/h6-8,11-12H,3-5,9-10,13-14H2,1-2H3. The Bertz CT molecular complexity index is 543. The van der Waals surface area contributed by atoms with Crippen molar-refractivity contribution in [3.63, 3.8) is 0 Å². The normalized spacial score (nSPS) is 11.2. The van der Waals surface area contributed by atoms with Gasteiger partial charge in [0.1, 0.15) is 0 Å². The molecule has 6 heteroatoms. The number of hydrogen-bond donors (Lipinski definition) is 0. The van der Waals surface area contributed by atoms with E-state index in [4.69, 9.17) is 0 Å². The van der Waals surface area contributed by atoms with Gasteiger partial charge in [-0.2, -0.15) is 0 Å². The van der Waals surface area contributed by atoms with Gasteiger partial charge in [0, 0.05) is 13.5 Å². The summed E-state index contributed by atoms with van der Waals surface area (Å²) < 4.78 is 30.3. The second-order valence-electron chi connectivity index (χ2n) is 5.21. The smallest absolute Gasteiger partial charge is 0.305 e. The second kappa shape index (κ2) is 9.46. The van der Waals surface area contributed by atoms with Gasteiger partial charge in [0.25, 0.3) is 0 Å². The van der Waals surface area contributed by atoms with Crippen molar-refractivity contribution in [1.82, 2.24) is 0 Å². The van der Waals surface area contributed by atoms with Crippen LogP contribution in [0.3, 0.4) is 0 Å². The van der Waals surface area contributed by atoms with Crippen molar-refractivity contribution >= 4 is 21.7 Å². The Hall–Kier alpha value is -1.56. The molecule has 1 rings (SSSR count). The molecule has 1 aromatic rings. The highest BCUT2D eigenvalue weighted by Crippen LogP contribution is 2.16. The molecule has 0 aliphatic carbocycles. The summed E-state index contributed by atoms with van der Waals surface area (Å²) in [5.74, 6) is -0.0397. The Balaban J connectivity index is 2.25. The number of rotatable bonds is 10. The van der Waals surface area contributed by atoms with Gasteiger partial charge in [0.15, 0.2) is 0 Å². The van der Waals surface area contributed by atoms with Crippen molar-refractivity contribution in [3.8, 4) is 0 Å². The number of hydrogen-bond acceptors (Lipinski definition) is 4. The van der Waals surface area contributed by atoms with Crippen molar-refractivity contribution < 1.29 is 17.9 Å². The minimum Gasteiger partial charge on any atom is -0.469 e. The van der Waals surface area contributed by atoms with E-state index in [1.165, 1.54) is 11.4 Å². The molecule has 0 saturated carbocycles. The molecule has 22 heavy (non-hydrogen) atoms. The second-order valence-corrected chi connectivity index (χ2v) is 7.33. The molecule has 0 bridgehead atoms. The van der Waals surface area contributed by atoms with E-state index in [2.05, 4.69) is 4.74 Å². The van der Waals surface area contributed by atoms with Crippen molar-refractivity contribution in [1.29, 1.82) is 0 Å². The number of anilines is 1. The average Bonchev–Trinajstić information content (AvgIpc) is 2.53. The Morgan fingerprint density at radius 3 is 2.27 bits per heavy atom. The number of esters is 1. The summed E-state index contributed by atoms with van der Waals surface area (Å²) >= 11 is 0. The third kappa shape index (κ3) is 6.47. The topological polar surface area (TPSA) is 63.7 Å². The van der Waals surface area contributed by atoms with Crippen molar-refractivity contribution in [2.24, 2.45) is 0 Å². The van der Waals surface area contributed by atoms with E-state index in [0.29, 0.717) is 18.5 Å². The molecule has 0 fully saturated rings. The van der Waals surface area contributed by atoms with Gasteiger partial charge in [-0.25, -0.2) is 8.42 Å². The van der Waals surface area contributed by atoms with E-state index in [9.17, 15) is 13.2 Å². The molecule has 0 spiro atoms. The lowest BCUT2D eigenvalue weighted by Crippen LogP contribution is -2.28. The first-order valence-corrected chi connectivity index (χ1v) is 9.17. The number of methoxy groups -OCH3 is 1. The summed E-state index contributed by atoms with van der Waals surface area (Å²) in [6.07, 6.45) is 4.57. The van der Waals surface area contributed by atoms with E-state index in [-0.39, 0.29) is 11.7 Å². The molecule has 124 valence electrons. The molecule has 5 nitrogen and oxygen atoms in total. The summed E-state index contributed by atoms with van der Waals surface area (Å²) in [7, 11) is -0.295. The molecule has 0 saturated heterocycles. The molecule has 1 aromatic carbocycles. The quantitative estimate of drug-likeness (QED) is 0.489. The van der Waals surface area contributed by atoms with E-state index in [1.54, 1.807) is 19.2 Å². The molecule has 0 atom stereocenters. The molecule has 0 N–H and O–H groups in total. The van der Waals surface area contributed by atoms with Crippen LogP contribution in [0.15, 0.2) is 30.3 Å². The first-order chi connectivity index (χ1) is 10.5. The average molecular weight is 327 g/mol. The molecule has 0 radical (unpaired) electrons. The van der Waals surface area contributed by atoms with Gasteiger partial charge in [-0.05, 0) is 25.0 Å². The van der Waals surface area contributed by atoms with Crippen molar-refractivity contribution in [2.45, 2.75) is 38.5 Å². The number of carbonyl (C=O) groups is 1. The number of sulfonamides is 1. The minimum atomic E-state index is -3.26.